The van der Waals surface area contributed by atoms with E-state index in [0.717, 1.165) is 19.6 Å². The second-order valence-corrected chi connectivity index (χ2v) is 4.38. The fourth-order valence-electron chi connectivity index (χ4n) is 2.42. The largest absolute Gasteiger partial charge is 0.329 e. The van der Waals surface area contributed by atoms with Crippen LogP contribution in [0.4, 0.5) is 0 Å². The molecule has 0 aromatic heterocycles. The van der Waals surface area contributed by atoms with Crippen molar-refractivity contribution in [1.82, 2.24) is 4.90 Å². The van der Waals surface area contributed by atoms with Crippen LogP contribution in [0.15, 0.2) is 0 Å². The summed E-state index contributed by atoms with van der Waals surface area (Å²) in [5.74, 6) is 0.271. The van der Waals surface area contributed by atoms with Crippen LogP contribution in [0, 0.1) is 22.7 Å². The molecule has 1 spiro atoms. The number of nitriles is 1. The van der Waals surface area contributed by atoms with Crippen LogP contribution in [0.5, 0.6) is 0 Å². The molecule has 1 saturated carbocycles. The Morgan fingerprint density at radius 3 is 2.77 bits per heavy atom. The fourth-order valence-corrected chi connectivity index (χ4v) is 2.42. The van der Waals surface area contributed by atoms with E-state index in [-0.39, 0.29) is 5.92 Å². The third-order valence-electron chi connectivity index (χ3n) is 3.60. The van der Waals surface area contributed by atoms with Gasteiger partial charge in [-0.15, -0.1) is 0 Å². The van der Waals surface area contributed by atoms with Crippen molar-refractivity contribution in [3.63, 3.8) is 0 Å². The highest BCUT2D eigenvalue weighted by atomic mass is 15.1. The molecule has 2 aliphatic rings. The highest BCUT2D eigenvalue weighted by Crippen LogP contribution is 2.56. The zero-order valence-electron chi connectivity index (χ0n) is 8.00. The second-order valence-electron chi connectivity index (χ2n) is 4.38. The fraction of sp³-hybridized carbons (Fsp3) is 0.900. The highest BCUT2D eigenvalue weighted by molar-refractivity contribution is 5.09. The molecule has 2 fully saturated rings. The van der Waals surface area contributed by atoms with E-state index in [1.54, 1.807) is 0 Å². The van der Waals surface area contributed by atoms with Gasteiger partial charge in [-0.25, -0.2) is 0 Å². The molecule has 2 N–H and O–H groups in total. The van der Waals surface area contributed by atoms with Gasteiger partial charge in [0.2, 0.25) is 0 Å². The van der Waals surface area contributed by atoms with E-state index in [2.05, 4.69) is 11.0 Å². The van der Waals surface area contributed by atoms with Crippen LogP contribution in [0.1, 0.15) is 19.3 Å². The van der Waals surface area contributed by atoms with Gasteiger partial charge in [0.1, 0.15) is 0 Å². The van der Waals surface area contributed by atoms with Gasteiger partial charge >= 0.3 is 0 Å². The van der Waals surface area contributed by atoms with Crippen molar-refractivity contribution in [1.29, 1.82) is 5.26 Å². The molecule has 1 atom stereocenters. The van der Waals surface area contributed by atoms with Crippen LogP contribution in [0.2, 0.25) is 0 Å². The van der Waals surface area contributed by atoms with Crippen LogP contribution in [-0.2, 0) is 0 Å². The average molecular weight is 179 g/mol. The lowest BCUT2D eigenvalue weighted by Crippen LogP contribution is -2.43. The summed E-state index contributed by atoms with van der Waals surface area (Å²) < 4.78 is 0. The number of likely N-dealkylation sites (tertiary alicyclic amines) is 1. The minimum Gasteiger partial charge on any atom is -0.329 e. The van der Waals surface area contributed by atoms with E-state index in [4.69, 9.17) is 11.0 Å². The topological polar surface area (TPSA) is 53.0 Å². The van der Waals surface area contributed by atoms with E-state index < -0.39 is 0 Å². The van der Waals surface area contributed by atoms with Crippen LogP contribution in [-0.4, -0.2) is 31.1 Å². The van der Waals surface area contributed by atoms with Crippen molar-refractivity contribution in [2.45, 2.75) is 19.3 Å². The van der Waals surface area contributed by atoms with Crippen molar-refractivity contribution in [2.75, 3.05) is 26.2 Å². The number of nitrogens with zero attached hydrogens (tertiary/aromatic N) is 2. The molecule has 0 aromatic rings. The number of hydrogen-bond donors (Lipinski definition) is 1. The van der Waals surface area contributed by atoms with Gasteiger partial charge in [-0.05, 0) is 31.2 Å². The van der Waals surface area contributed by atoms with Gasteiger partial charge < -0.3 is 10.6 Å². The normalized spacial score (nSPS) is 31.5. The van der Waals surface area contributed by atoms with Crippen molar-refractivity contribution >= 4 is 0 Å². The lowest BCUT2D eigenvalue weighted by atomic mass is 9.83. The number of hydrogen-bond acceptors (Lipinski definition) is 3. The molecule has 72 valence electrons. The summed E-state index contributed by atoms with van der Waals surface area (Å²) in [5, 5.41) is 9.04. The molecular weight excluding hydrogens is 162 g/mol. The SMILES string of the molecule is N#CC1CN(CCN)CCC12CC2. The molecule has 0 amide bonds. The molecule has 13 heavy (non-hydrogen) atoms. The van der Waals surface area contributed by atoms with Gasteiger partial charge in [0.15, 0.2) is 0 Å². The Balaban J connectivity index is 1.94. The Morgan fingerprint density at radius 2 is 2.23 bits per heavy atom. The molecule has 0 bridgehead atoms. The van der Waals surface area contributed by atoms with Gasteiger partial charge in [-0.1, -0.05) is 0 Å². The van der Waals surface area contributed by atoms with E-state index in [1.807, 2.05) is 0 Å². The lowest BCUT2D eigenvalue weighted by Gasteiger charge is -2.35. The van der Waals surface area contributed by atoms with Crippen LogP contribution >= 0.6 is 0 Å². The summed E-state index contributed by atoms with van der Waals surface area (Å²) >= 11 is 0. The Hall–Kier alpha value is -0.590. The Kier molecular flexibility index (Phi) is 2.27. The van der Waals surface area contributed by atoms with Crippen molar-refractivity contribution < 1.29 is 0 Å². The van der Waals surface area contributed by atoms with Gasteiger partial charge in [0, 0.05) is 19.6 Å². The van der Waals surface area contributed by atoms with Crippen molar-refractivity contribution in [3.8, 4) is 6.07 Å². The molecule has 3 nitrogen and oxygen atoms in total. The van der Waals surface area contributed by atoms with Crippen LogP contribution in [0.25, 0.3) is 0 Å². The second kappa shape index (κ2) is 3.28. The quantitative estimate of drug-likeness (QED) is 0.674. The zero-order chi connectivity index (χ0) is 9.31. The van der Waals surface area contributed by atoms with Crippen LogP contribution < -0.4 is 5.73 Å². The summed E-state index contributed by atoms with van der Waals surface area (Å²) in [4.78, 5) is 2.33. The van der Waals surface area contributed by atoms with Crippen LogP contribution in [0.3, 0.4) is 0 Å². The van der Waals surface area contributed by atoms with Gasteiger partial charge in [-0.2, -0.15) is 5.26 Å². The zero-order valence-corrected chi connectivity index (χ0v) is 8.00. The molecule has 3 heteroatoms. The smallest absolute Gasteiger partial charge is 0.0675 e. The first kappa shape index (κ1) is 8.98. The standard InChI is InChI=1S/C10H17N3/c11-4-6-13-5-3-10(1-2-10)9(7-12)8-13/h9H,1-6,8,11H2. The number of rotatable bonds is 2. The third kappa shape index (κ3) is 1.56. The van der Waals surface area contributed by atoms with Gasteiger partial charge in [-0.3, -0.25) is 0 Å². The predicted octanol–water partition coefficient (Wildman–Crippen LogP) is 0.571. The molecule has 1 unspecified atom stereocenters. The summed E-state index contributed by atoms with van der Waals surface area (Å²) in [6.45, 7) is 3.77. The van der Waals surface area contributed by atoms with E-state index in [9.17, 15) is 0 Å². The molecule has 1 saturated heterocycles. The first-order chi connectivity index (χ1) is 6.30. The molecule has 1 heterocycles. The summed E-state index contributed by atoms with van der Waals surface area (Å²) in [6.07, 6.45) is 3.77. The first-order valence-electron chi connectivity index (χ1n) is 5.13. The predicted molar refractivity (Wildman–Crippen MR) is 50.9 cm³/mol. The van der Waals surface area contributed by atoms with Crippen molar-refractivity contribution in [2.24, 2.45) is 17.1 Å². The summed E-state index contributed by atoms with van der Waals surface area (Å²) in [6, 6.07) is 2.46. The Bertz CT molecular complexity index is 227. The molecular formula is C10H17N3. The molecule has 0 aromatic carbocycles. The van der Waals surface area contributed by atoms with Gasteiger partial charge in [0.05, 0.1) is 12.0 Å². The molecule has 1 aliphatic heterocycles. The molecule has 1 aliphatic carbocycles. The van der Waals surface area contributed by atoms with E-state index in [0.29, 0.717) is 12.0 Å². The summed E-state index contributed by atoms with van der Waals surface area (Å²) in [7, 11) is 0. The molecule has 0 radical (unpaired) electrons. The number of nitrogens with two attached hydrogens (primary N) is 1. The van der Waals surface area contributed by atoms with Crippen molar-refractivity contribution in [3.05, 3.63) is 0 Å². The van der Waals surface area contributed by atoms with E-state index in [1.165, 1.54) is 19.3 Å². The average Bonchev–Trinajstić information content (AvgIpc) is 2.90. The minimum absolute atomic E-state index is 0.271. The Labute approximate surface area is 79.5 Å². The first-order valence-corrected chi connectivity index (χ1v) is 5.13. The maximum Gasteiger partial charge on any atom is 0.0675 e. The maximum atomic E-state index is 9.04. The van der Waals surface area contributed by atoms with E-state index >= 15 is 0 Å². The monoisotopic (exact) mass is 179 g/mol. The molecule has 2 rings (SSSR count). The number of piperidine rings is 1. The third-order valence-corrected chi connectivity index (χ3v) is 3.60. The lowest BCUT2D eigenvalue weighted by molar-refractivity contribution is 0.137. The minimum atomic E-state index is 0.271. The maximum absolute atomic E-state index is 9.04. The highest BCUT2D eigenvalue weighted by Gasteiger charge is 2.51. The Morgan fingerprint density at radius 1 is 1.46 bits per heavy atom. The van der Waals surface area contributed by atoms with Gasteiger partial charge in [0.25, 0.3) is 0 Å². The summed E-state index contributed by atoms with van der Waals surface area (Å²) in [5.41, 5.74) is 5.94.